The first-order valence-corrected chi connectivity index (χ1v) is 5.53. The van der Waals surface area contributed by atoms with E-state index in [2.05, 4.69) is 19.7 Å². The molecule has 1 heterocycles. The van der Waals surface area contributed by atoms with Gasteiger partial charge in [0.25, 0.3) is 10.0 Å². The molecule has 0 saturated heterocycles. The Bertz CT molecular complexity index is 472. The zero-order valence-electron chi connectivity index (χ0n) is 8.03. The Hall–Kier alpha value is -1.57. The zero-order chi connectivity index (χ0) is 11.3. The molecule has 0 spiro atoms. The number of sulfonamides is 1. The lowest BCUT2D eigenvalue weighted by atomic mass is 10.7. The molecule has 0 aromatic carbocycles. The molecule has 0 amide bonds. The van der Waals surface area contributed by atoms with Crippen molar-refractivity contribution < 1.29 is 8.42 Å². The average Bonchev–Trinajstić information content (AvgIpc) is 2.60. The van der Waals surface area contributed by atoms with Crippen LogP contribution in [0.3, 0.4) is 0 Å². The fourth-order valence-electron chi connectivity index (χ4n) is 0.876. The van der Waals surface area contributed by atoms with E-state index in [-0.39, 0.29) is 18.1 Å². The van der Waals surface area contributed by atoms with E-state index < -0.39 is 10.0 Å². The van der Waals surface area contributed by atoms with Crippen LogP contribution in [0.15, 0.2) is 22.7 Å². The van der Waals surface area contributed by atoms with Crippen molar-refractivity contribution in [2.75, 3.05) is 13.1 Å². The van der Waals surface area contributed by atoms with E-state index in [0.717, 1.165) is 0 Å². The van der Waals surface area contributed by atoms with Gasteiger partial charge in [-0.1, -0.05) is 5.11 Å². The molecule has 1 rings (SSSR count). The lowest BCUT2D eigenvalue weighted by molar-refractivity contribution is 0.579. The van der Waals surface area contributed by atoms with E-state index in [1.54, 1.807) is 7.05 Å². The smallest absolute Gasteiger partial charge is 0.259 e. The van der Waals surface area contributed by atoms with Crippen molar-refractivity contribution in [2.24, 2.45) is 12.2 Å². The minimum atomic E-state index is -3.59. The maximum atomic E-state index is 11.5. The molecular weight excluding hydrogens is 220 g/mol. The van der Waals surface area contributed by atoms with Crippen LogP contribution in [0.2, 0.25) is 0 Å². The van der Waals surface area contributed by atoms with Crippen molar-refractivity contribution in [1.82, 2.24) is 14.3 Å². The summed E-state index contributed by atoms with van der Waals surface area (Å²) in [6.07, 6.45) is 2.78. The van der Waals surface area contributed by atoms with Crippen molar-refractivity contribution in [1.29, 1.82) is 0 Å². The van der Waals surface area contributed by atoms with E-state index in [9.17, 15) is 8.42 Å². The highest BCUT2D eigenvalue weighted by Crippen LogP contribution is 2.02. The van der Waals surface area contributed by atoms with Gasteiger partial charge in [0.1, 0.15) is 0 Å². The van der Waals surface area contributed by atoms with E-state index in [4.69, 9.17) is 5.53 Å². The van der Waals surface area contributed by atoms with Crippen LogP contribution in [0.1, 0.15) is 0 Å². The van der Waals surface area contributed by atoms with Gasteiger partial charge >= 0.3 is 0 Å². The summed E-state index contributed by atoms with van der Waals surface area (Å²) >= 11 is 0. The second-order valence-corrected chi connectivity index (χ2v) is 4.44. The minimum absolute atomic E-state index is 0.0501. The first kappa shape index (κ1) is 11.5. The second-order valence-electron chi connectivity index (χ2n) is 2.73. The van der Waals surface area contributed by atoms with Gasteiger partial charge in [-0.2, -0.15) is 0 Å². The van der Waals surface area contributed by atoms with E-state index in [1.165, 1.54) is 17.1 Å². The Balaban J connectivity index is 2.64. The summed E-state index contributed by atoms with van der Waals surface area (Å²) in [4.78, 5) is 6.20. The summed E-state index contributed by atoms with van der Waals surface area (Å²) in [5.74, 6) is 0. The monoisotopic (exact) mass is 230 g/mol. The Kier molecular flexibility index (Phi) is 3.67. The first-order valence-electron chi connectivity index (χ1n) is 4.05. The molecule has 0 unspecified atom stereocenters. The summed E-state index contributed by atoms with van der Waals surface area (Å²) in [5.41, 5.74) is 7.98. The van der Waals surface area contributed by atoms with Crippen LogP contribution in [-0.2, 0) is 17.1 Å². The van der Waals surface area contributed by atoms with Crippen LogP contribution < -0.4 is 4.72 Å². The Morgan fingerprint density at radius 1 is 1.73 bits per heavy atom. The van der Waals surface area contributed by atoms with Gasteiger partial charge in [0.05, 0.1) is 6.33 Å². The fraction of sp³-hybridized carbons (Fsp3) is 0.500. The molecule has 8 nitrogen and oxygen atoms in total. The standard InChI is InChI=1S/C6H10N6O2S/c1-12-4-6(8-5-12)15(13,14)10-3-2-9-11-7/h4-5,10H,2-3H2,1H3. The van der Waals surface area contributed by atoms with Crippen molar-refractivity contribution in [2.45, 2.75) is 5.03 Å². The van der Waals surface area contributed by atoms with E-state index in [0.29, 0.717) is 0 Å². The molecule has 0 aliphatic heterocycles. The number of aromatic nitrogens is 2. The van der Waals surface area contributed by atoms with Crippen LogP contribution in [0.25, 0.3) is 10.4 Å². The van der Waals surface area contributed by atoms with Crippen LogP contribution in [-0.4, -0.2) is 31.1 Å². The minimum Gasteiger partial charge on any atom is -0.339 e. The molecule has 1 N–H and O–H groups in total. The number of hydrogen-bond donors (Lipinski definition) is 1. The average molecular weight is 230 g/mol. The molecule has 0 saturated carbocycles. The van der Waals surface area contributed by atoms with Crippen LogP contribution in [0.5, 0.6) is 0 Å². The number of rotatable bonds is 5. The number of aryl methyl sites for hydroxylation is 1. The number of hydrogen-bond acceptors (Lipinski definition) is 4. The van der Waals surface area contributed by atoms with Crippen molar-refractivity contribution in [3.63, 3.8) is 0 Å². The normalized spacial score (nSPS) is 11.0. The Morgan fingerprint density at radius 3 is 3.00 bits per heavy atom. The summed E-state index contributed by atoms with van der Waals surface area (Å²) < 4.78 is 26.8. The van der Waals surface area contributed by atoms with Crippen molar-refractivity contribution in [3.8, 4) is 0 Å². The largest absolute Gasteiger partial charge is 0.339 e. The third kappa shape index (κ3) is 3.24. The number of imidazole rings is 1. The Morgan fingerprint density at radius 2 is 2.47 bits per heavy atom. The molecule has 82 valence electrons. The first-order chi connectivity index (χ1) is 7.06. The lowest BCUT2D eigenvalue weighted by Crippen LogP contribution is -2.26. The Labute approximate surface area is 86.6 Å². The van der Waals surface area contributed by atoms with E-state index >= 15 is 0 Å². The van der Waals surface area contributed by atoms with E-state index in [1.807, 2.05) is 0 Å². The summed E-state index contributed by atoms with van der Waals surface area (Å²) in [5, 5.41) is 3.15. The fourth-order valence-corrected chi connectivity index (χ4v) is 1.88. The molecule has 0 aliphatic rings. The van der Waals surface area contributed by atoms with Gasteiger partial charge in [0, 0.05) is 31.2 Å². The predicted molar refractivity (Wildman–Crippen MR) is 52.4 cm³/mol. The molecule has 0 radical (unpaired) electrons. The van der Waals surface area contributed by atoms with Crippen LogP contribution >= 0.6 is 0 Å². The highest BCUT2D eigenvalue weighted by Gasteiger charge is 2.15. The van der Waals surface area contributed by atoms with Gasteiger partial charge in [0.15, 0.2) is 5.03 Å². The molecule has 15 heavy (non-hydrogen) atoms. The molecule has 0 bridgehead atoms. The summed E-state index contributed by atoms with van der Waals surface area (Å²) in [7, 11) is -1.91. The molecule has 1 aromatic heterocycles. The van der Waals surface area contributed by atoms with Gasteiger partial charge in [-0.25, -0.2) is 18.1 Å². The topological polar surface area (TPSA) is 113 Å². The van der Waals surface area contributed by atoms with Gasteiger partial charge in [-0.15, -0.1) is 0 Å². The lowest BCUT2D eigenvalue weighted by Gasteiger charge is -2.00. The maximum absolute atomic E-state index is 11.5. The van der Waals surface area contributed by atoms with Crippen molar-refractivity contribution >= 4 is 10.0 Å². The molecule has 9 heteroatoms. The highest BCUT2D eigenvalue weighted by atomic mass is 32.2. The van der Waals surface area contributed by atoms with Gasteiger partial charge in [0.2, 0.25) is 0 Å². The summed E-state index contributed by atoms with van der Waals surface area (Å²) in [6, 6.07) is 0. The second kappa shape index (κ2) is 4.78. The maximum Gasteiger partial charge on any atom is 0.259 e. The third-order valence-corrected chi connectivity index (χ3v) is 2.87. The summed E-state index contributed by atoms with van der Waals surface area (Å²) in [6.45, 7) is 0.130. The van der Waals surface area contributed by atoms with Crippen LogP contribution in [0.4, 0.5) is 0 Å². The molecular formula is C6H10N6O2S. The number of azide groups is 1. The third-order valence-electron chi connectivity index (χ3n) is 1.52. The van der Waals surface area contributed by atoms with Gasteiger partial charge < -0.3 is 4.57 Å². The highest BCUT2D eigenvalue weighted by molar-refractivity contribution is 7.89. The van der Waals surface area contributed by atoms with Gasteiger partial charge in [-0.3, -0.25) is 0 Å². The number of nitrogens with one attached hydrogen (secondary N) is 1. The predicted octanol–water partition coefficient (Wildman–Crippen LogP) is 0.00870. The molecule has 1 aromatic rings. The molecule has 0 aliphatic carbocycles. The zero-order valence-corrected chi connectivity index (χ0v) is 8.85. The SMILES string of the molecule is Cn1cnc(S(=O)(=O)NCCN=[N+]=[N-])c1. The van der Waals surface area contributed by atoms with Crippen LogP contribution in [0, 0.1) is 0 Å². The van der Waals surface area contributed by atoms with Crippen molar-refractivity contribution in [3.05, 3.63) is 23.0 Å². The molecule has 0 fully saturated rings. The molecule has 0 atom stereocenters. The number of nitrogens with zero attached hydrogens (tertiary/aromatic N) is 5. The quantitative estimate of drug-likeness (QED) is 0.332. The van der Waals surface area contributed by atoms with Gasteiger partial charge in [-0.05, 0) is 5.53 Å².